The molecule has 0 unspecified atom stereocenters. The first-order valence-corrected chi connectivity index (χ1v) is 9.20. The molecule has 2 aromatic heterocycles. The molecule has 128 valence electrons. The van der Waals surface area contributed by atoms with Gasteiger partial charge in [0.05, 0.1) is 5.69 Å². The van der Waals surface area contributed by atoms with Crippen LogP contribution < -0.4 is 5.01 Å². The van der Waals surface area contributed by atoms with Crippen LogP contribution in [0.1, 0.15) is 39.0 Å². The van der Waals surface area contributed by atoms with Crippen molar-refractivity contribution in [1.82, 2.24) is 20.0 Å². The van der Waals surface area contributed by atoms with E-state index in [0.29, 0.717) is 5.69 Å². The summed E-state index contributed by atoms with van der Waals surface area (Å²) in [6, 6.07) is 5.99. The Morgan fingerprint density at radius 2 is 2.00 bits per heavy atom. The van der Waals surface area contributed by atoms with Crippen LogP contribution in [0, 0.1) is 0 Å². The summed E-state index contributed by atoms with van der Waals surface area (Å²) in [5.74, 6) is 1.62. The van der Waals surface area contributed by atoms with Crippen molar-refractivity contribution in [3.05, 3.63) is 35.7 Å². The molecule has 0 saturated carbocycles. The Labute approximate surface area is 146 Å². The third kappa shape index (κ3) is 3.11. The fraction of sp³-hybridized carbons (Fsp3) is 0.471. The molecule has 7 heteroatoms. The van der Waals surface area contributed by atoms with Crippen LogP contribution in [0.15, 0.2) is 29.6 Å². The van der Waals surface area contributed by atoms with Gasteiger partial charge in [-0.05, 0) is 46.1 Å². The normalized spacial score (nSPS) is 15.2. The van der Waals surface area contributed by atoms with E-state index in [4.69, 9.17) is 0 Å². The van der Waals surface area contributed by atoms with E-state index in [1.54, 1.807) is 13.8 Å². The second-order valence-corrected chi connectivity index (χ2v) is 7.42. The summed E-state index contributed by atoms with van der Waals surface area (Å²) in [4.78, 5) is 13.8. The van der Waals surface area contributed by atoms with Gasteiger partial charge in [-0.2, -0.15) is 0 Å². The van der Waals surface area contributed by atoms with Gasteiger partial charge < -0.3 is 5.11 Å². The number of aliphatic hydroxyl groups is 1. The first kappa shape index (κ1) is 17.1. The van der Waals surface area contributed by atoms with Crippen LogP contribution in [-0.2, 0) is 12.1 Å². The number of aromatic nitrogens is 3. The van der Waals surface area contributed by atoms with Crippen molar-refractivity contribution in [3.63, 3.8) is 0 Å². The number of hydrogen-bond donors (Lipinski definition) is 1. The van der Waals surface area contributed by atoms with E-state index in [1.807, 2.05) is 35.7 Å². The first-order valence-electron chi connectivity index (χ1n) is 7.97. The number of fused-ring (bicyclic) bond motifs is 1. The molecule has 0 aliphatic carbocycles. The van der Waals surface area contributed by atoms with E-state index in [0.717, 1.165) is 28.9 Å². The summed E-state index contributed by atoms with van der Waals surface area (Å²) in [7, 11) is 0. The summed E-state index contributed by atoms with van der Waals surface area (Å²) in [6.07, 6.45) is 3.86. The highest BCUT2D eigenvalue weighted by atomic mass is 32.2. The second kappa shape index (κ2) is 6.31. The standard InChI is InChI=1S/C17H23N5OS/c1-11(2)21-10-12-9-18-16(24-5)20-15(12)22(21)14-8-6-7-13(19-14)17(3,4)23/h6-9,11,23H,10H2,1-5H3. The number of anilines is 2. The molecule has 24 heavy (non-hydrogen) atoms. The minimum atomic E-state index is -0.989. The lowest BCUT2D eigenvalue weighted by atomic mass is 10.1. The molecule has 1 aliphatic heterocycles. The highest BCUT2D eigenvalue weighted by molar-refractivity contribution is 7.98. The molecule has 0 amide bonds. The Kier molecular flexibility index (Phi) is 4.50. The Balaban J connectivity index is 2.11. The molecular weight excluding hydrogens is 322 g/mol. The van der Waals surface area contributed by atoms with Crippen LogP contribution in [0.4, 0.5) is 11.6 Å². The third-order valence-electron chi connectivity index (χ3n) is 3.97. The molecule has 0 atom stereocenters. The summed E-state index contributed by atoms with van der Waals surface area (Å²) >= 11 is 1.52. The zero-order valence-corrected chi connectivity index (χ0v) is 15.5. The summed E-state index contributed by atoms with van der Waals surface area (Å²) in [5, 5.41) is 15.3. The van der Waals surface area contributed by atoms with E-state index in [-0.39, 0.29) is 6.04 Å². The predicted octanol–water partition coefficient (Wildman–Crippen LogP) is 3.10. The van der Waals surface area contributed by atoms with Crippen LogP contribution in [0.3, 0.4) is 0 Å². The molecule has 1 N–H and O–H groups in total. The minimum Gasteiger partial charge on any atom is -0.384 e. The molecule has 0 bridgehead atoms. The number of hydrazine groups is 1. The molecular formula is C17H23N5OS. The largest absolute Gasteiger partial charge is 0.384 e. The molecule has 0 spiro atoms. The maximum Gasteiger partial charge on any atom is 0.189 e. The molecule has 3 rings (SSSR count). The van der Waals surface area contributed by atoms with Gasteiger partial charge in [0.2, 0.25) is 0 Å². The van der Waals surface area contributed by atoms with Crippen molar-refractivity contribution < 1.29 is 5.11 Å². The quantitative estimate of drug-likeness (QED) is 0.674. The van der Waals surface area contributed by atoms with E-state index >= 15 is 0 Å². The molecule has 1 aliphatic rings. The van der Waals surface area contributed by atoms with Crippen molar-refractivity contribution >= 4 is 23.4 Å². The fourth-order valence-corrected chi connectivity index (χ4v) is 3.01. The Bertz CT molecular complexity index is 744. The first-order chi connectivity index (χ1) is 11.3. The van der Waals surface area contributed by atoms with Gasteiger partial charge in [0, 0.05) is 24.3 Å². The van der Waals surface area contributed by atoms with Gasteiger partial charge in [-0.15, -0.1) is 0 Å². The van der Waals surface area contributed by atoms with Crippen molar-refractivity contribution in [3.8, 4) is 0 Å². The van der Waals surface area contributed by atoms with Gasteiger partial charge in [0.15, 0.2) is 11.0 Å². The SMILES string of the molecule is CSc1ncc2c(n1)N(c1cccc(C(C)(C)O)n1)N(C(C)C)C2. The van der Waals surface area contributed by atoms with Gasteiger partial charge in [0.1, 0.15) is 11.4 Å². The van der Waals surface area contributed by atoms with Gasteiger partial charge in [-0.25, -0.2) is 25.0 Å². The molecule has 0 fully saturated rings. The number of rotatable bonds is 4. The Hall–Kier alpha value is -1.70. The summed E-state index contributed by atoms with van der Waals surface area (Å²) < 4.78 is 0. The molecule has 3 heterocycles. The monoisotopic (exact) mass is 345 g/mol. The second-order valence-electron chi connectivity index (χ2n) is 6.65. The van der Waals surface area contributed by atoms with Crippen LogP contribution >= 0.6 is 11.8 Å². The average Bonchev–Trinajstić information content (AvgIpc) is 2.92. The van der Waals surface area contributed by atoms with E-state index in [1.165, 1.54) is 11.8 Å². The predicted molar refractivity (Wildman–Crippen MR) is 96.1 cm³/mol. The summed E-state index contributed by atoms with van der Waals surface area (Å²) in [6.45, 7) is 8.51. The zero-order chi connectivity index (χ0) is 17.5. The van der Waals surface area contributed by atoms with E-state index in [9.17, 15) is 5.11 Å². The third-order valence-corrected chi connectivity index (χ3v) is 4.53. The number of pyridine rings is 1. The number of thioether (sulfide) groups is 1. The van der Waals surface area contributed by atoms with Gasteiger partial charge >= 0.3 is 0 Å². The number of nitrogens with zero attached hydrogens (tertiary/aromatic N) is 5. The molecule has 6 nitrogen and oxygen atoms in total. The molecule has 0 radical (unpaired) electrons. The van der Waals surface area contributed by atoms with E-state index in [2.05, 4.69) is 33.8 Å². The maximum atomic E-state index is 10.3. The van der Waals surface area contributed by atoms with Gasteiger partial charge in [-0.3, -0.25) is 0 Å². The highest BCUT2D eigenvalue weighted by Crippen LogP contribution is 2.37. The lowest BCUT2D eigenvalue weighted by molar-refractivity contribution is 0.0738. The lowest BCUT2D eigenvalue weighted by Crippen LogP contribution is -2.40. The number of hydrogen-bond acceptors (Lipinski definition) is 7. The van der Waals surface area contributed by atoms with Crippen molar-refractivity contribution in [1.29, 1.82) is 0 Å². The Morgan fingerprint density at radius 3 is 2.62 bits per heavy atom. The minimum absolute atomic E-state index is 0.282. The van der Waals surface area contributed by atoms with Crippen molar-refractivity contribution in [2.24, 2.45) is 0 Å². The van der Waals surface area contributed by atoms with E-state index < -0.39 is 5.60 Å². The molecule has 0 saturated heterocycles. The lowest BCUT2D eigenvalue weighted by Gasteiger charge is -2.32. The van der Waals surface area contributed by atoms with Crippen LogP contribution in [0.5, 0.6) is 0 Å². The van der Waals surface area contributed by atoms with Crippen LogP contribution in [0.25, 0.3) is 0 Å². The smallest absolute Gasteiger partial charge is 0.189 e. The van der Waals surface area contributed by atoms with Gasteiger partial charge in [-0.1, -0.05) is 17.8 Å². The maximum absolute atomic E-state index is 10.3. The zero-order valence-electron chi connectivity index (χ0n) is 14.7. The van der Waals surface area contributed by atoms with Crippen molar-refractivity contribution in [2.75, 3.05) is 11.3 Å². The highest BCUT2D eigenvalue weighted by Gasteiger charge is 2.33. The fourth-order valence-electron chi connectivity index (χ4n) is 2.68. The average molecular weight is 345 g/mol. The summed E-state index contributed by atoms with van der Waals surface area (Å²) in [5.41, 5.74) is 0.727. The van der Waals surface area contributed by atoms with Crippen LogP contribution in [-0.4, -0.2) is 37.4 Å². The topological polar surface area (TPSA) is 65.4 Å². The molecule has 2 aromatic rings. The van der Waals surface area contributed by atoms with Crippen LogP contribution in [0.2, 0.25) is 0 Å². The van der Waals surface area contributed by atoms with Crippen molar-refractivity contribution in [2.45, 2.75) is 51.0 Å². The van der Waals surface area contributed by atoms with Gasteiger partial charge in [0.25, 0.3) is 0 Å². The molecule has 0 aromatic carbocycles. The Morgan fingerprint density at radius 1 is 1.25 bits per heavy atom.